The Morgan fingerprint density at radius 2 is 2.50 bits per heavy atom. The lowest BCUT2D eigenvalue weighted by atomic mass is 9.91. The zero-order valence-electron chi connectivity index (χ0n) is 7.35. The summed E-state index contributed by atoms with van der Waals surface area (Å²) in [6.07, 6.45) is 2.17. The normalized spacial score (nSPS) is 40.7. The monoisotopic (exact) mass is 171 g/mol. The lowest BCUT2D eigenvalue weighted by molar-refractivity contribution is -0.129. The summed E-state index contributed by atoms with van der Waals surface area (Å²) < 4.78 is 13.1. The van der Waals surface area contributed by atoms with Gasteiger partial charge in [0.25, 0.3) is 0 Å². The fourth-order valence-corrected chi connectivity index (χ4v) is 2.57. The van der Waals surface area contributed by atoms with Gasteiger partial charge in [-0.3, -0.25) is 4.79 Å². The highest BCUT2D eigenvalue weighted by atomic mass is 19.1. The van der Waals surface area contributed by atoms with Crippen molar-refractivity contribution in [3.05, 3.63) is 0 Å². The van der Waals surface area contributed by atoms with Gasteiger partial charge in [0.15, 0.2) is 0 Å². The van der Waals surface area contributed by atoms with E-state index >= 15 is 0 Å². The first-order valence-electron chi connectivity index (χ1n) is 4.62. The van der Waals surface area contributed by atoms with Crippen molar-refractivity contribution in [2.75, 3.05) is 6.54 Å². The molecule has 2 rings (SSSR count). The molecule has 2 nitrogen and oxygen atoms in total. The second kappa shape index (κ2) is 2.44. The van der Waals surface area contributed by atoms with Crippen LogP contribution in [0.4, 0.5) is 4.39 Å². The maximum absolute atomic E-state index is 13.1. The number of fused-ring (bicyclic) bond motifs is 1. The molecule has 0 radical (unpaired) electrons. The van der Waals surface area contributed by atoms with Crippen molar-refractivity contribution in [1.82, 2.24) is 4.90 Å². The highest BCUT2D eigenvalue weighted by Crippen LogP contribution is 2.42. The number of amides is 1. The van der Waals surface area contributed by atoms with E-state index in [1.165, 1.54) is 0 Å². The molecule has 12 heavy (non-hydrogen) atoms. The number of carbonyl (C=O) groups is 1. The number of carbonyl (C=O) groups excluding carboxylic acids is 1. The van der Waals surface area contributed by atoms with Crippen molar-refractivity contribution in [2.45, 2.75) is 44.3 Å². The fourth-order valence-electron chi connectivity index (χ4n) is 2.57. The standard InChI is InChI=1S/C9H14FNO/c1-2-9-4-3-8(12)11(9)6-7(10)5-9/h7H,2-6H2,1H3/t7-,9+/m0/s1. The maximum atomic E-state index is 13.1. The minimum atomic E-state index is -0.783. The van der Waals surface area contributed by atoms with Gasteiger partial charge >= 0.3 is 0 Å². The lowest BCUT2D eigenvalue weighted by Crippen LogP contribution is -2.39. The number of rotatable bonds is 1. The third-order valence-corrected chi connectivity index (χ3v) is 3.32. The first kappa shape index (κ1) is 8.02. The Kier molecular flexibility index (Phi) is 1.63. The van der Waals surface area contributed by atoms with Crippen LogP contribution in [0.5, 0.6) is 0 Å². The van der Waals surface area contributed by atoms with Crippen molar-refractivity contribution >= 4 is 5.91 Å². The van der Waals surface area contributed by atoms with Crippen molar-refractivity contribution in [2.24, 2.45) is 0 Å². The molecule has 0 bridgehead atoms. The molecule has 0 aliphatic carbocycles. The molecule has 2 atom stereocenters. The van der Waals surface area contributed by atoms with E-state index in [1.54, 1.807) is 4.90 Å². The van der Waals surface area contributed by atoms with Gasteiger partial charge in [-0.25, -0.2) is 4.39 Å². The molecule has 2 saturated heterocycles. The first-order valence-corrected chi connectivity index (χ1v) is 4.62. The van der Waals surface area contributed by atoms with Crippen LogP contribution in [0.25, 0.3) is 0 Å². The molecule has 0 spiro atoms. The zero-order chi connectivity index (χ0) is 8.77. The molecule has 0 saturated carbocycles. The van der Waals surface area contributed by atoms with Crippen molar-refractivity contribution in [3.63, 3.8) is 0 Å². The van der Waals surface area contributed by atoms with E-state index < -0.39 is 6.17 Å². The molecular formula is C9H14FNO. The largest absolute Gasteiger partial charge is 0.334 e. The summed E-state index contributed by atoms with van der Waals surface area (Å²) in [5.41, 5.74) is -0.101. The minimum absolute atomic E-state index is 0.101. The number of hydrogen-bond acceptors (Lipinski definition) is 1. The lowest BCUT2D eigenvalue weighted by Gasteiger charge is -2.29. The van der Waals surface area contributed by atoms with E-state index in [0.29, 0.717) is 19.4 Å². The Balaban J connectivity index is 2.25. The predicted octanol–water partition coefficient (Wildman–Crippen LogP) is 1.50. The molecule has 0 unspecified atom stereocenters. The van der Waals surface area contributed by atoms with Crippen molar-refractivity contribution < 1.29 is 9.18 Å². The number of alkyl halides is 1. The van der Waals surface area contributed by atoms with Crippen LogP contribution in [0.2, 0.25) is 0 Å². The van der Waals surface area contributed by atoms with Crippen LogP contribution in [-0.4, -0.2) is 29.1 Å². The number of hydrogen-bond donors (Lipinski definition) is 0. The average Bonchev–Trinajstić information content (AvgIpc) is 2.51. The van der Waals surface area contributed by atoms with E-state index in [9.17, 15) is 9.18 Å². The van der Waals surface area contributed by atoms with E-state index in [-0.39, 0.29) is 11.4 Å². The van der Waals surface area contributed by atoms with Crippen LogP contribution in [0, 0.1) is 0 Å². The van der Waals surface area contributed by atoms with Crippen LogP contribution in [0.15, 0.2) is 0 Å². The Morgan fingerprint density at radius 3 is 3.08 bits per heavy atom. The van der Waals surface area contributed by atoms with E-state index in [4.69, 9.17) is 0 Å². The fraction of sp³-hybridized carbons (Fsp3) is 0.889. The van der Waals surface area contributed by atoms with Crippen LogP contribution in [0.1, 0.15) is 32.6 Å². The Hall–Kier alpha value is -0.600. The second-order valence-electron chi connectivity index (χ2n) is 3.88. The summed E-state index contributed by atoms with van der Waals surface area (Å²) in [6.45, 7) is 2.39. The summed E-state index contributed by atoms with van der Waals surface area (Å²) in [5.74, 6) is 0.150. The van der Waals surface area contributed by atoms with Crippen molar-refractivity contribution in [1.29, 1.82) is 0 Å². The zero-order valence-corrected chi connectivity index (χ0v) is 7.35. The third-order valence-electron chi connectivity index (χ3n) is 3.32. The van der Waals surface area contributed by atoms with Crippen LogP contribution >= 0.6 is 0 Å². The summed E-state index contributed by atoms with van der Waals surface area (Å²) >= 11 is 0. The molecule has 2 aliphatic rings. The van der Waals surface area contributed by atoms with Gasteiger partial charge in [-0.2, -0.15) is 0 Å². The third kappa shape index (κ3) is 0.883. The van der Waals surface area contributed by atoms with Gasteiger partial charge < -0.3 is 4.90 Å². The van der Waals surface area contributed by atoms with Crippen LogP contribution in [0.3, 0.4) is 0 Å². The summed E-state index contributed by atoms with van der Waals surface area (Å²) in [4.78, 5) is 13.1. The van der Waals surface area contributed by atoms with Gasteiger partial charge in [-0.15, -0.1) is 0 Å². The summed E-state index contributed by atoms with van der Waals surface area (Å²) in [6, 6.07) is 0. The average molecular weight is 171 g/mol. The minimum Gasteiger partial charge on any atom is -0.334 e. The smallest absolute Gasteiger partial charge is 0.223 e. The van der Waals surface area contributed by atoms with Gasteiger partial charge in [0.1, 0.15) is 6.17 Å². The Bertz CT molecular complexity index is 219. The molecule has 0 aromatic carbocycles. The highest BCUT2D eigenvalue weighted by molar-refractivity contribution is 5.80. The Labute approximate surface area is 71.7 Å². The van der Waals surface area contributed by atoms with E-state index in [1.807, 2.05) is 6.92 Å². The second-order valence-corrected chi connectivity index (χ2v) is 3.88. The molecule has 0 N–H and O–H groups in total. The maximum Gasteiger partial charge on any atom is 0.223 e. The molecular weight excluding hydrogens is 157 g/mol. The SMILES string of the molecule is CC[C@]12CCC(=O)N1C[C@@H](F)C2. The molecule has 1 amide bonds. The van der Waals surface area contributed by atoms with E-state index in [2.05, 4.69) is 0 Å². The topological polar surface area (TPSA) is 20.3 Å². The first-order chi connectivity index (χ1) is 5.68. The number of nitrogens with zero attached hydrogens (tertiary/aromatic N) is 1. The molecule has 2 fully saturated rings. The van der Waals surface area contributed by atoms with Gasteiger partial charge in [-0.1, -0.05) is 6.92 Å². The van der Waals surface area contributed by atoms with Gasteiger partial charge in [0, 0.05) is 18.4 Å². The molecule has 0 aromatic rings. The molecule has 2 aliphatic heterocycles. The summed E-state index contributed by atoms with van der Waals surface area (Å²) in [5, 5.41) is 0. The van der Waals surface area contributed by atoms with E-state index in [0.717, 1.165) is 12.8 Å². The van der Waals surface area contributed by atoms with Crippen LogP contribution in [-0.2, 0) is 4.79 Å². The predicted molar refractivity (Wildman–Crippen MR) is 43.5 cm³/mol. The molecule has 68 valence electrons. The molecule has 3 heteroatoms. The molecule has 0 aromatic heterocycles. The quantitative estimate of drug-likeness (QED) is 0.585. The van der Waals surface area contributed by atoms with Gasteiger partial charge in [0.2, 0.25) is 5.91 Å². The highest BCUT2D eigenvalue weighted by Gasteiger charge is 2.50. The van der Waals surface area contributed by atoms with Gasteiger partial charge in [0.05, 0.1) is 6.54 Å². The van der Waals surface area contributed by atoms with Crippen LogP contribution < -0.4 is 0 Å². The summed E-state index contributed by atoms with van der Waals surface area (Å²) in [7, 11) is 0. The van der Waals surface area contributed by atoms with Gasteiger partial charge in [-0.05, 0) is 12.8 Å². The number of halogens is 1. The molecule has 2 heterocycles. The van der Waals surface area contributed by atoms with Crippen molar-refractivity contribution in [3.8, 4) is 0 Å². The Morgan fingerprint density at radius 1 is 1.75 bits per heavy atom.